The molecule has 42 valence electrons. The molecule has 0 aromatic rings. The Morgan fingerprint density at radius 2 is 2.25 bits per heavy atom. The van der Waals surface area contributed by atoms with Crippen LogP contribution in [0.3, 0.4) is 0 Å². The number of rotatable bonds is 3. The molecule has 0 spiro atoms. The molecular weight excluding hydrogens is 365 g/mol. The molecule has 5 heteroatoms. The van der Waals surface area contributed by atoms with E-state index in [1.54, 1.807) is 0 Å². The number of carbonyl (C=O) groups excluding carboxylic acids is 1. The average molecular weight is 369 g/mol. The summed E-state index contributed by atoms with van der Waals surface area (Å²) in [6, 6.07) is 0. The summed E-state index contributed by atoms with van der Waals surface area (Å²) in [7, 11) is 0. The summed E-state index contributed by atoms with van der Waals surface area (Å²) in [5, 5.41) is 9.65. The second-order valence-corrected chi connectivity index (χ2v) is 0.849. The fraction of sp³-hybridized carbons (Fsp3) is 0.333. The molecule has 0 radical (unpaired) electrons. The number of carboxylic acids is 1. The van der Waals surface area contributed by atoms with E-state index in [0.29, 0.717) is 0 Å². The van der Waals surface area contributed by atoms with E-state index in [1.807, 2.05) is 5.32 Å². The Balaban J connectivity index is 0. The van der Waals surface area contributed by atoms with E-state index in [4.69, 9.17) is 5.11 Å². The maximum Gasteiger partial charge on any atom is 0.320 e. The van der Waals surface area contributed by atoms with Crippen LogP contribution in [0.5, 0.6) is 0 Å². The van der Waals surface area contributed by atoms with Crippen LogP contribution >= 0.6 is 0 Å². The summed E-state index contributed by atoms with van der Waals surface area (Å²) in [6.45, 7) is -0.358. The van der Waals surface area contributed by atoms with E-state index >= 15 is 0 Å². The molecule has 0 aromatic heterocycles. The summed E-state index contributed by atoms with van der Waals surface area (Å²) in [5.74, 6) is -1.07. The summed E-state index contributed by atoms with van der Waals surface area (Å²) in [6.07, 6.45) is 1.22. The third-order valence-corrected chi connectivity index (χ3v) is 0.312. The zero-order valence-electron chi connectivity index (χ0n) is 4.18. The zero-order chi connectivity index (χ0) is 5.70. The van der Waals surface area contributed by atoms with Crippen molar-refractivity contribution >= 4 is 12.4 Å². The normalized spacial score (nSPS) is 6.50. The van der Waals surface area contributed by atoms with Gasteiger partial charge in [-0.2, -0.15) is 6.41 Å². The molecule has 0 fully saturated rings. The number of carboxylic acid groups (broad SMARTS) is 1. The summed E-state index contributed by atoms with van der Waals surface area (Å²) < 4.78 is 0. The van der Waals surface area contributed by atoms with Crippen molar-refractivity contribution in [3.63, 3.8) is 0 Å². The Morgan fingerprint density at radius 1 is 1.75 bits per heavy atom. The zero-order valence-corrected chi connectivity index (χ0v) is 10.6. The van der Waals surface area contributed by atoms with Gasteiger partial charge in [0.25, 0.3) is 0 Å². The molecule has 0 aliphatic heterocycles. The molecule has 2 N–H and O–H groups in total. The summed E-state index contributed by atoms with van der Waals surface area (Å²) in [4.78, 5) is 18.7. The second kappa shape index (κ2) is 4.94. The minimum atomic E-state index is -1.07. The largest absolute Gasteiger partial charge is 0.521 e. The minimum Gasteiger partial charge on any atom is -0.521 e. The van der Waals surface area contributed by atoms with Gasteiger partial charge in [-0.15, -0.1) is 0 Å². The van der Waals surface area contributed by atoms with Crippen LogP contribution in [0.15, 0.2) is 0 Å². The first-order valence-electron chi connectivity index (χ1n) is 1.59. The van der Waals surface area contributed by atoms with Gasteiger partial charge in [0.1, 0.15) is 0 Å². The molecule has 0 aromatic carbocycles. The number of amides is 1. The maximum absolute atomic E-state index is 9.52. The molecule has 0 aliphatic carbocycles. The van der Waals surface area contributed by atoms with Gasteiger partial charge in [0.15, 0.2) is 0 Å². The average Bonchev–Trinajstić information content (AvgIpc) is 1.61. The van der Waals surface area contributed by atoms with E-state index in [0.717, 1.165) is 0 Å². The first kappa shape index (κ1) is 9.34. The van der Waals surface area contributed by atoms with Crippen molar-refractivity contribution in [3.8, 4) is 0 Å². The number of carbonyl (C=O) groups is 1. The van der Waals surface area contributed by atoms with Gasteiger partial charge in [-0.3, -0.25) is 4.79 Å². The molecule has 0 aliphatic rings. The van der Waals surface area contributed by atoms with Gasteiger partial charge in [0, 0.05) is 0 Å². The van der Waals surface area contributed by atoms with Crippen LogP contribution in [0.1, 0.15) is 0 Å². The fourth-order valence-corrected chi connectivity index (χ4v) is 0.112. The van der Waals surface area contributed by atoms with Crippen molar-refractivity contribution in [2.45, 2.75) is 0 Å². The monoisotopic (exact) mass is 369 g/mol. The van der Waals surface area contributed by atoms with Gasteiger partial charge < -0.3 is 15.2 Å². The van der Waals surface area contributed by atoms with Gasteiger partial charge in [-0.05, 0) is 0 Å². The van der Waals surface area contributed by atoms with Crippen LogP contribution in [-0.2, 0) is 9.59 Å². The molecular formula is C3H4NO3Rf-. The molecule has 1 amide bonds. The van der Waals surface area contributed by atoms with Gasteiger partial charge >= 0.3 is 5.97 Å². The van der Waals surface area contributed by atoms with Crippen LogP contribution in [0.25, 0.3) is 0 Å². The van der Waals surface area contributed by atoms with E-state index in [2.05, 4.69) is 0 Å². The first-order chi connectivity index (χ1) is 3.27. The molecule has 8 heavy (non-hydrogen) atoms. The van der Waals surface area contributed by atoms with E-state index in [-0.39, 0.29) is 6.54 Å². The maximum atomic E-state index is 9.52. The molecule has 0 rings (SSSR count). The van der Waals surface area contributed by atoms with Crippen LogP contribution in [0.4, 0.5) is 0 Å². The van der Waals surface area contributed by atoms with Crippen molar-refractivity contribution in [3.05, 3.63) is 0 Å². The Kier molecular flexibility index (Phi) is 5.77. The minimum absolute atomic E-state index is 0. The molecule has 0 bridgehead atoms. The van der Waals surface area contributed by atoms with E-state index < -0.39 is 5.97 Å². The van der Waals surface area contributed by atoms with Gasteiger partial charge in [-0.25, -0.2) is 0 Å². The number of hydrogen-bond donors (Lipinski definition) is 2. The Morgan fingerprint density at radius 3 is 2.38 bits per heavy atom. The molecule has 0 heterocycles. The summed E-state index contributed by atoms with van der Waals surface area (Å²) >= 11 is 0. The predicted octanol–water partition coefficient (Wildman–Crippen LogP) is -1.27. The van der Waals surface area contributed by atoms with Crippen molar-refractivity contribution in [2.75, 3.05) is 6.54 Å². The van der Waals surface area contributed by atoms with Crippen LogP contribution in [0.2, 0.25) is 0 Å². The SMILES string of the molecule is O=[C-]NCC(=O)O.[Rf]. The van der Waals surface area contributed by atoms with Gasteiger partial charge in [-0.1, -0.05) is 0 Å². The standard InChI is InChI=1S/C3H4NO3.Rf/c5-2-4-1-3(6)7;/h1H2,(H,4,5)(H,6,7);/q-1;. The fourth-order valence-electron chi connectivity index (χ4n) is 0.112. The van der Waals surface area contributed by atoms with E-state index in [1.165, 1.54) is 6.41 Å². The number of aliphatic carboxylic acids is 1. The molecule has 4 nitrogen and oxygen atoms in total. The van der Waals surface area contributed by atoms with Crippen LogP contribution in [0, 0.1) is 0 Å². The van der Waals surface area contributed by atoms with E-state index in [9.17, 15) is 9.59 Å². The van der Waals surface area contributed by atoms with Crippen molar-refractivity contribution in [1.29, 1.82) is 0 Å². The Labute approximate surface area is 40.1 Å². The molecule has 0 saturated heterocycles. The third kappa shape index (κ3) is 9.05. The van der Waals surface area contributed by atoms with Crippen molar-refractivity contribution in [1.82, 2.24) is 5.32 Å². The summed E-state index contributed by atoms with van der Waals surface area (Å²) in [5.41, 5.74) is 0. The predicted molar refractivity (Wildman–Crippen MR) is 21.3 cm³/mol. The van der Waals surface area contributed by atoms with Crippen LogP contribution < -0.4 is 5.32 Å². The van der Waals surface area contributed by atoms with Gasteiger partial charge in [0.2, 0.25) is 0 Å². The van der Waals surface area contributed by atoms with Gasteiger partial charge in [0.05, 0.1) is 6.54 Å². The first-order valence-corrected chi connectivity index (χ1v) is 1.59. The van der Waals surface area contributed by atoms with Crippen molar-refractivity contribution < 1.29 is 14.7 Å². The second-order valence-electron chi connectivity index (χ2n) is 0.849. The Bertz CT molecular complexity index is 84.6. The number of nitrogens with one attached hydrogen (secondary N) is 1. The quantitative estimate of drug-likeness (QED) is 0.482. The third-order valence-electron chi connectivity index (χ3n) is 0.312. The molecule has 0 atom stereocenters. The Hall–Kier alpha value is -2.06. The van der Waals surface area contributed by atoms with Crippen molar-refractivity contribution in [2.24, 2.45) is 0 Å². The number of hydrogen-bond acceptors (Lipinski definition) is 2. The van der Waals surface area contributed by atoms with Crippen LogP contribution in [-0.4, -0.2) is 24.0 Å². The molecule has 0 unspecified atom stereocenters. The topological polar surface area (TPSA) is 66.4 Å². The smallest absolute Gasteiger partial charge is 0.320 e. The molecule has 0 saturated carbocycles.